The van der Waals surface area contributed by atoms with Crippen LogP contribution < -0.4 is 5.11 Å². The van der Waals surface area contributed by atoms with Crippen LogP contribution in [0.15, 0.2) is 52.7 Å². The van der Waals surface area contributed by atoms with Crippen molar-refractivity contribution >= 4 is 28.2 Å². The van der Waals surface area contributed by atoms with Gasteiger partial charge in [0.05, 0.1) is 17.2 Å². The van der Waals surface area contributed by atoms with Crippen LogP contribution in [0.5, 0.6) is 5.88 Å². The number of aromatic nitrogens is 1. The lowest BCUT2D eigenvalue weighted by Crippen LogP contribution is -2.21. The summed E-state index contributed by atoms with van der Waals surface area (Å²) in [6.45, 7) is 4.18. The summed E-state index contributed by atoms with van der Waals surface area (Å²) in [5, 5.41) is 29.8. The van der Waals surface area contributed by atoms with Crippen molar-refractivity contribution in [2.45, 2.75) is 19.8 Å². The van der Waals surface area contributed by atoms with Crippen LogP contribution in [0.4, 0.5) is 11.4 Å². The molecule has 0 spiro atoms. The number of azo groups is 1. The Balaban J connectivity index is 1.97. The minimum absolute atomic E-state index is 0.0546. The van der Waals surface area contributed by atoms with Gasteiger partial charge in [-0.2, -0.15) is 5.11 Å². The van der Waals surface area contributed by atoms with Crippen LogP contribution in [0.25, 0.3) is 10.9 Å². The van der Waals surface area contributed by atoms with Crippen molar-refractivity contribution in [1.29, 1.82) is 0 Å². The first-order valence-electron chi connectivity index (χ1n) is 7.53. The van der Waals surface area contributed by atoms with Crippen molar-refractivity contribution in [1.82, 2.24) is 4.98 Å². The van der Waals surface area contributed by atoms with Crippen LogP contribution >= 0.6 is 0 Å². The zero-order valence-electron chi connectivity index (χ0n) is 13.3. The zero-order chi connectivity index (χ0) is 17.3. The number of hydrogen-bond donors (Lipinski definition) is 2. The molecule has 0 aliphatic heterocycles. The Morgan fingerprint density at radius 1 is 1.12 bits per heavy atom. The van der Waals surface area contributed by atoms with E-state index in [9.17, 15) is 15.0 Å². The van der Waals surface area contributed by atoms with Gasteiger partial charge in [-0.25, -0.2) is 0 Å². The van der Waals surface area contributed by atoms with Crippen molar-refractivity contribution in [2.75, 3.05) is 0 Å². The van der Waals surface area contributed by atoms with E-state index in [-0.39, 0.29) is 11.4 Å². The number of carbonyl (C=O) groups is 1. The third-order valence-electron chi connectivity index (χ3n) is 3.81. The summed E-state index contributed by atoms with van der Waals surface area (Å²) < 4.78 is 0. The van der Waals surface area contributed by atoms with E-state index < -0.39 is 5.97 Å². The number of nitrogens with zero attached hydrogens (tertiary/aromatic N) is 2. The van der Waals surface area contributed by atoms with Crippen molar-refractivity contribution in [3.05, 3.63) is 53.6 Å². The number of carbonyl (C=O) groups excluding carboxylic acids is 1. The maximum Gasteiger partial charge on any atom is 0.218 e. The molecule has 0 aliphatic carbocycles. The summed E-state index contributed by atoms with van der Waals surface area (Å²) in [4.78, 5) is 13.6. The van der Waals surface area contributed by atoms with Crippen molar-refractivity contribution < 1.29 is 15.0 Å². The van der Waals surface area contributed by atoms with Crippen LogP contribution in [0.2, 0.25) is 0 Å². The predicted molar refractivity (Wildman–Crippen MR) is 89.0 cm³/mol. The summed E-state index contributed by atoms with van der Waals surface area (Å²) in [7, 11) is 0. The highest BCUT2D eigenvalue weighted by Gasteiger charge is 2.12. The van der Waals surface area contributed by atoms with E-state index in [1.54, 1.807) is 0 Å². The molecule has 6 nitrogen and oxygen atoms in total. The Morgan fingerprint density at radius 2 is 1.83 bits per heavy atom. The number of aromatic carboxylic acids is 1. The number of H-pyrrole nitrogens is 1. The lowest BCUT2D eigenvalue weighted by atomic mass is 10.0. The molecule has 0 unspecified atom stereocenters. The number of carboxylic acids is 1. The van der Waals surface area contributed by atoms with Gasteiger partial charge in [-0.15, -0.1) is 5.11 Å². The molecule has 2 N–H and O–H groups in total. The molecule has 0 fully saturated rings. The largest absolute Gasteiger partial charge is 0.545 e. The van der Waals surface area contributed by atoms with Crippen LogP contribution in [-0.4, -0.2) is 16.1 Å². The first kappa shape index (κ1) is 15.7. The van der Waals surface area contributed by atoms with Gasteiger partial charge in [0.15, 0.2) is 5.69 Å². The molecule has 2 aromatic carbocycles. The maximum atomic E-state index is 10.7. The summed E-state index contributed by atoms with van der Waals surface area (Å²) in [6.07, 6.45) is 0. The molecule has 6 heteroatoms. The van der Waals surface area contributed by atoms with Crippen LogP contribution in [0, 0.1) is 0 Å². The first-order chi connectivity index (χ1) is 11.5. The Hall–Kier alpha value is -3.15. The van der Waals surface area contributed by atoms with Gasteiger partial charge in [0.1, 0.15) is 0 Å². The lowest BCUT2D eigenvalue weighted by Gasteiger charge is -2.04. The Morgan fingerprint density at radius 3 is 2.46 bits per heavy atom. The van der Waals surface area contributed by atoms with E-state index >= 15 is 0 Å². The fraction of sp³-hybridized carbons (Fsp3) is 0.167. The zero-order valence-corrected chi connectivity index (χ0v) is 13.3. The molecule has 1 heterocycles. The fourth-order valence-corrected chi connectivity index (χ4v) is 2.41. The van der Waals surface area contributed by atoms with Gasteiger partial charge >= 0.3 is 0 Å². The second-order valence-electron chi connectivity index (χ2n) is 5.82. The monoisotopic (exact) mass is 322 g/mol. The fourth-order valence-electron chi connectivity index (χ4n) is 2.41. The molecule has 0 atom stereocenters. The second kappa shape index (κ2) is 6.16. The van der Waals surface area contributed by atoms with Crippen LogP contribution in [0.1, 0.15) is 35.7 Å². The minimum Gasteiger partial charge on any atom is -0.545 e. The average molecular weight is 322 g/mol. The molecule has 3 rings (SSSR count). The molecule has 0 radical (unpaired) electrons. The molecule has 1 aromatic heterocycles. The number of carboxylic acid groups (broad SMARTS) is 1. The van der Waals surface area contributed by atoms with Crippen molar-refractivity contribution in [2.24, 2.45) is 10.2 Å². The maximum absolute atomic E-state index is 10.7. The summed E-state index contributed by atoms with van der Waals surface area (Å²) in [5.41, 5.74) is 2.82. The van der Waals surface area contributed by atoms with Crippen molar-refractivity contribution in [3.63, 3.8) is 0 Å². The van der Waals surface area contributed by atoms with Crippen LogP contribution in [-0.2, 0) is 0 Å². The van der Waals surface area contributed by atoms with Gasteiger partial charge < -0.3 is 20.0 Å². The summed E-state index contributed by atoms with van der Waals surface area (Å²) in [6, 6.07) is 11.7. The highest BCUT2D eigenvalue weighted by molar-refractivity contribution is 5.94. The number of aromatic amines is 1. The number of aromatic hydroxyl groups is 1. The normalized spacial score (nSPS) is 11.6. The quantitative estimate of drug-likeness (QED) is 0.715. The van der Waals surface area contributed by atoms with E-state index in [1.807, 2.05) is 18.2 Å². The average Bonchev–Trinajstić information content (AvgIpc) is 2.87. The van der Waals surface area contributed by atoms with E-state index in [4.69, 9.17) is 0 Å². The van der Waals surface area contributed by atoms with Crippen molar-refractivity contribution in [3.8, 4) is 5.88 Å². The molecule has 0 saturated carbocycles. The second-order valence-corrected chi connectivity index (χ2v) is 5.82. The molecule has 3 aromatic rings. The smallest absolute Gasteiger partial charge is 0.218 e. The highest BCUT2D eigenvalue weighted by atomic mass is 16.4. The van der Waals surface area contributed by atoms with Gasteiger partial charge in [-0.05, 0) is 41.3 Å². The third kappa shape index (κ3) is 2.99. The first-order valence-corrected chi connectivity index (χ1v) is 7.53. The molecule has 0 saturated heterocycles. The number of nitrogens with one attached hydrogen (secondary N) is 1. The Labute approximate surface area is 138 Å². The number of hydrogen-bond acceptors (Lipinski definition) is 5. The molecule has 24 heavy (non-hydrogen) atoms. The minimum atomic E-state index is -1.24. The lowest BCUT2D eigenvalue weighted by molar-refractivity contribution is -0.255. The highest BCUT2D eigenvalue weighted by Crippen LogP contribution is 2.37. The van der Waals surface area contributed by atoms with Crippen LogP contribution in [0.3, 0.4) is 0 Å². The Bertz CT molecular complexity index is 925. The standard InChI is InChI=1S/C18H17N3O3/c1-10(2)12-5-8-15-14(9-12)16(17(22)19-15)21-20-13-6-3-11(4-7-13)18(23)24/h3-10,19,22H,1-2H3,(H,23,24)/p-1. The molecular weight excluding hydrogens is 306 g/mol. The van der Waals surface area contributed by atoms with E-state index in [0.29, 0.717) is 17.3 Å². The molecule has 122 valence electrons. The molecule has 0 amide bonds. The summed E-state index contributed by atoms with van der Waals surface area (Å²) >= 11 is 0. The topological polar surface area (TPSA) is 101 Å². The predicted octanol–water partition coefficient (Wildman–Crippen LogP) is 3.78. The molecular formula is C18H16N3O3-. The van der Waals surface area contributed by atoms with Gasteiger partial charge in [0.2, 0.25) is 5.88 Å². The number of rotatable bonds is 4. The SMILES string of the molecule is CC(C)c1ccc2[nH]c(O)c(N=Nc3ccc(C(=O)[O-])cc3)c2c1. The van der Waals surface area contributed by atoms with Gasteiger partial charge in [0.25, 0.3) is 0 Å². The number of benzene rings is 2. The Kier molecular flexibility index (Phi) is 4.04. The number of fused-ring (bicyclic) bond motifs is 1. The van der Waals surface area contributed by atoms with Gasteiger partial charge in [-0.1, -0.05) is 32.0 Å². The molecule has 0 aliphatic rings. The van der Waals surface area contributed by atoms with E-state index in [0.717, 1.165) is 16.5 Å². The third-order valence-corrected chi connectivity index (χ3v) is 3.81. The van der Waals surface area contributed by atoms with E-state index in [1.165, 1.54) is 24.3 Å². The molecule has 0 bridgehead atoms. The van der Waals surface area contributed by atoms with E-state index in [2.05, 4.69) is 29.1 Å². The summed E-state index contributed by atoms with van der Waals surface area (Å²) in [5.74, 6) is -0.941. The van der Waals surface area contributed by atoms with Gasteiger partial charge in [0, 0.05) is 5.39 Å². The van der Waals surface area contributed by atoms with Gasteiger partial charge in [-0.3, -0.25) is 0 Å².